The van der Waals surface area contributed by atoms with Gasteiger partial charge in [-0.05, 0) is 106 Å². The van der Waals surface area contributed by atoms with Crippen LogP contribution in [0.5, 0.6) is 0 Å². The van der Waals surface area contributed by atoms with Crippen molar-refractivity contribution in [2.45, 2.75) is 41.5 Å². The minimum absolute atomic E-state index is 0. The van der Waals surface area contributed by atoms with Gasteiger partial charge in [-0.15, -0.1) is 12.4 Å². The minimum Gasteiger partial charge on any atom is -0.411 e. The summed E-state index contributed by atoms with van der Waals surface area (Å²) in [5.41, 5.74) is 11.0. The highest BCUT2D eigenvalue weighted by Crippen LogP contribution is 2.27. The van der Waals surface area contributed by atoms with E-state index >= 15 is 0 Å². The number of oxime groups is 1. The molecule has 56 heavy (non-hydrogen) atoms. The number of nitrogens with zero attached hydrogens (tertiary/aromatic N) is 9. The van der Waals surface area contributed by atoms with Crippen LogP contribution in [0.25, 0.3) is 56.0 Å². The van der Waals surface area contributed by atoms with Gasteiger partial charge in [0, 0.05) is 40.2 Å². The lowest BCUT2D eigenvalue weighted by atomic mass is 10.1. The molecule has 0 amide bonds. The fraction of sp³-hybridized carbons (Fsp3) is 0.143. The molecular formula is C42H41ClN10O3. The number of aromatic nitrogens is 8. The number of hydrogen-bond acceptors (Lipinski definition) is 11. The third-order valence-corrected chi connectivity index (χ3v) is 8.74. The van der Waals surface area contributed by atoms with Crippen molar-refractivity contribution < 1.29 is 15.2 Å². The number of Topliss-reactive ketones (excluding diaryl/α,β-unsaturated/α-hetero) is 1. The molecule has 8 rings (SSSR count). The average molecular weight is 769 g/mol. The maximum Gasteiger partial charge on any atom is 0.178 e. The quantitative estimate of drug-likeness (QED) is 0.0643. The molecule has 0 spiro atoms. The maximum absolute atomic E-state index is 11.7. The Kier molecular flexibility index (Phi) is 12.8. The summed E-state index contributed by atoms with van der Waals surface area (Å²) >= 11 is 0. The Labute approximate surface area is 329 Å². The van der Waals surface area contributed by atoms with Crippen molar-refractivity contribution in [3.05, 3.63) is 143 Å². The molecule has 6 aromatic heterocycles. The Morgan fingerprint density at radius 1 is 0.607 bits per heavy atom. The third-order valence-electron chi connectivity index (χ3n) is 8.74. The number of fused-ring (bicyclic) bond motifs is 2. The number of halogens is 1. The van der Waals surface area contributed by atoms with Gasteiger partial charge in [0.15, 0.2) is 17.4 Å². The van der Waals surface area contributed by atoms with E-state index < -0.39 is 0 Å². The number of aryl methyl sites for hydroxylation is 4. The Morgan fingerprint density at radius 2 is 1.05 bits per heavy atom. The van der Waals surface area contributed by atoms with Crippen LogP contribution in [0.1, 0.15) is 52.5 Å². The van der Waals surface area contributed by atoms with Crippen LogP contribution in [0, 0.1) is 27.7 Å². The third kappa shape index (κ3) is 8.82. The first kappa shape index (κ1) is 40.5. The lowest BCUT2D eigenvalue weighted by Crippen LogP contribution is -2.02. The lowest BCUT2D eigenvalue weighted by molar-refractivity contribution is 0.101. The zero-order valence-corrected chi connectivity index (χ0v) is 32.5. The number of nitrogens with two attached hydrogens (primary N) is 1. The molecule has 14 heteroatoms. The Hall–Kier alpha value is -6.67. The lowest BCUT2D eigenvalue weighted by Gasteiger charge is -2.08. The normalized spacial score (nSPS) is 11.0. The van der Waals surface area contributed by atoms with E-state index in [0.29, 0.717) is 17.1 Å². The number of rotatable bonds is 6. The monoisotopic (exact) mass is 768 g/mol. The topological polar surface area (TPSA) is 183 Å². The van der Waals surface area contributed by atoms with Gasteiger partial charge < -0.3 is 10.4 Å². The highest BCUT2D eigenvalue weighted by molar-refractivity contribution is 5.97. The first-order valence-electron chi connectivity index (χ1n) is 17.3. The van der Waals surface area contributed by atoms with E-state index in [4.69, 9.17) is 10.4 Å². The second-order valence-corrected chi connectivity index (χ2v) is 13.0. The summed E-state index contributed by atoms with van der Waals surface area (Å²) in [6, 6.07) is 31.6. The van der Waals surface area contributed by atoms with Crippen molar-refractivity contribution in [1.82, 2.24) is 39.5 Å². The molecule has 284 valence electrons. The summed E-state index contributed by atoms with van der Waals surface area (Å²) < 4.78 is 3.66. The zero-order valence-electron chi connectivity index (χ0n) is 31.7. The fourth-order valence-electron chi connectivity index (χ4n) is 6.06. The van der Waals surface area contributed by atoms with Gasteiger partial charge in [0.2, 0.25) is 0 Å². The van der Waals surface area contributed by atoms with Crippen LogP contribution in [0.3, 0.4) is 0 Å². The summed E-state index contributed by atoms with van der Waals surface area (Å²) in [6.45, 7) is 11.2. The molecule has 0 saturated carbocycles. The maximum atomic E-state index is 11.7. The fourth-order valence-corrected chi connectivity index (χ4v) is 6.06. The van der Waals surface area contributed by atoms with E-state index in [-0.39, 0.29) is 18.2 Å². The van der Waals surface area contributed by atoms with Crippen molar-refractivity contribution in [3.8, 4) is 34.2 Å². The number of ketones is 1. The molecular weight excluding hydrogens is 728 g/mol. The van der Waals surface area contributed by atoms with Crippen molar-refractivity contribution >= 4 is 45.7 Å². The molecule has 0 saturated heterocycles. The first-order chi connectivity index (χ1) is 26.6. The number of benzene rings is 2. The predicted octanol–water partition coefficient (Wildman–Crippen LogP) is 8.36. The second kappa shape index (κ2) is 17.6. The summed E-state index contributed by atoms with van der Waals surface area (Å²) in [5, 5.41) is 29.9. The number of hydrogen-bond donors (Lipinski definition) is 3. The highest BCUT2D eigenvalue weighted by atomic mass is 35.5. The Balaban J connectivity index is 0.000000202. The van der Waals surface area contributed by atoms with Crippen LogP contribution >= 0.6 is 12.4 Å². The van der Waals surface area contributed by atoms with E-state index in [2.05, 4.69) is 47.3 Å². The minimum atomic E-state index is -0.0370. The summed E-state index contributed by atoms with van der Waals surface area (Å²) in [7, 11) is 0. The Morgan fingerprint density at radius 3 is 1.48 bits per heavy atom. The van der Waals surface area contributed by atoms with Crippen LogP contribution in [0.2, 0.25) is 0 Å². The number of carbonyl (C=O) groups excluding carboxylic acids is 1. The van der Waals surface area contributed by atoms with E-state index in [0.717, 1.165) is 78.5 Å². The summed E-state index contributed by atoms with van der Waals surface area (Å²) in [5.74, 6) is 5.02. The zero-order chi connectivity index (χ0) is 39.2. The number of pyridine rings is 4. The van der Waals surface area contributed by atoms with Gasteiger partial charge in [-0.25, -0.2) is 35.2 Å². The number of carbonyl (C=O) groups is 1. The molecule has 0 fully saturated rings. The van der Waals surface area contributed by atoms with Crippen molar-refractivity contribution in [3.63, 3.8) is 0 Å². The molecule has 0 radical (unpaired) electrons. The van der Waals surface area contributed by atoms with Crippen LogP contribution in [0.4, 0.5) is 0 Å². The highest BCUT2D eigenvalue weighted by Gasteiger charge is 2.13. The van der Waals surface area contributed by atoms with E-state index in [1.165, 1.54) is 6.92 Å². The molecule has 0 bridgehead atoms. The van der Waals surface area contributed by atoms with Gasteiger partial charge in [-0.3, -0.25) is 4.79 Å². The standard InChI is InChI=1S/C21H19N5O.C21H18N4O.ClH.H3NO/c1-13-9-18(15(3)25-27)24-19(10-13)16-7-8-17-12-22-26(20(17)11-16)21-6-4-5-14(2)23-21;1-13-9-18(15(3)26)24-19(10-13)16-7-8-17-12-22-25(20(17)11-16)21-6-4-5-14(2)23-21;;1-2/h4-12,27H,1-3H3;4-12H,1-3H3;1H;2H,1H2/b25-15-;;;. The second-order valence-electron chi connectivity index (χ2n) is 13.0. The molecule has 4 N–H and O–H groups in total. The van der Waals surface area contributed by atoms with Crippen LogP contribution < -0.4 is 5.90 Å². The van der Waals surface area contributed by atoms with Gasteiger partial charge >= 0.3 is 0 Å². The van der Waals surface area contributed by atoms with E-state index in [1.807, 2.05) is 140 Å². The van der Waals surface area contributed by atoms with Crippen LogP contribution in [-0.4, -0.2) is 61.4 Å². The molecule has 0 aliphatic rings. The molecule has 0 atom stereocenters. The first-order valence-corrected chi connectivity index (χ1v) is 17.3. The predicted molar refractivity (Wildman–Crippen MR) is 220 cm³/mol. The van der Waals surface area contributed by atoms with E-state index in [1.54, 1.807) is 6.92 Å². The van der Waals surface area contributed by atoms with Crippen LogP contribution in [-0.2, 0) is 0 Å². The molecule has 13 nitrogen and oxygen atoms in total. The molecule has 6 heterocycles. The van der Waals surface area contributed by atoms with Gasteiger partial charge in [0.25, 0.3) is 0 Å². The van der Waals surface area contributed by atoms with Gasteiger partial charge in [-0.2, -0.15) is 10.2 Å². The van der Waals surface area contributed by atoms with Gasteiger partial charge in [-0.1, -0.05) is 41.6 Å². The van der Waals surface area contributed by atoms with E-state index in [9.17, 15) is 4.79 Å². The van der Waals surface area contributed by atoms with Gasteiger partial charge in [0.1, 0.15) is 11.4 Å². The van der Waals surface area contributed by atoms with Crippen molar-refractivity contribution in [2.24, 2.45) is 11.1 Å². The van der Waals surface area contributed by atoms with Gasteiger partial charge in [0.05, 0.1) is 40.5 Å². The molecule has 0 aliphatic heterocycles. The average Bonchev–Trinajstić information content (AvgIpc) is 3.82. The summed E-state index contributed by atoms with van der Waals surface area (Å²) in [6.07, 6.45) is 3.66. The molecule has 2 aromatic carbocycles. The SMILES string of the molecule is C/C(=N/O)c1cc(C)cc(-c2ccc3cnn(-c4cccc(C)n4)c3c2)n1.CC(=O)c1cc(C)cc(-c2ccc3cnn(-c4cccc(C)n4)c3c2)n1.Cl.NO. The van der Waals surface area contributed by atoms with Crippen molar-refractivity contribution in [1.29, 1.82) is 0 Å². The van der Waals surface area contributed by atoms with Crippen molar-refractivity contribution in [2.75, 3.05) is 0 Å². The van der Waals surface area contributed by atoms with Crippen LogP contribution in [0.15, 0.2) is 115 Å². The largest absolute Gasteiger partial charge is 0.411 e. The summed E-state index contributed by atoms with van der Waals surface area (Å²) in [4.78, 5) is 30.0. The molecule has 8 aromatic rings. The molecule has 0 unspecified atom stereocenters. The smallest absolute Gasteiger partial charge is 0.178 e. The Bertz CT molecular complexity index is 2700. The molecule has 0 aliphatic carbocycles.